The van der Waals surface area contributed by atoms with Gasteiger partial charge in [-0.1, -0.05) is 0 Å². The third kappa shape index (κ3) is 3.41. The van der Waals surface area contributed by atoms with Crippen molar-refractivity contribution in [2.24, 2.45) is 0 Å². The fourth-order valence-electron chi connectivity index (χ4n) is 1.74. The van der Waals surface area contributed by atoms with Crippen LogP contribution in [0, 0.1) is 0 Å². The van der Waals surface area contributed by atoms with Crippen LogP contribution in [0.15, 0.2) is 18.3 Å². The molecule has 0 aromatic carbocycles. The zero-order valence-corrected chi connectivity index (χ0v) is 10.3. The first-order valence-electron chi connectivity index (χ1n) is 5.90. The Kier molecular flexibility index (Phi) is 4.49. The van der Waals surface area contributed by atoms with E-state index in [0.29, 0.717) is 17.9 Å². The molecule has 2 rings (SSSR count). The van der Waals surface area contributed by atoms with Gasteiger partial charge in [-0.3, -0.25) is 0 Å². The Morgan fingerprint density at radius 1 is 1.72 bits per heavy atom. The van der Waals surface area contributed by atoms with Gasteiger partial charge in [0, 0.05) is 25.8 Å². The number of morpholine rings is 1. The van der Waals surface area contributed by atoms with Crippen LogP contribution in [-0.2, 0) is 9.47 Å². The molecule has 1 aliphatic rings. The fraction of sp³-hybridized carbons (Fsp3) is 0.500. The number of ether oxygens (including phenoxy) is 2. The van der Waals surface area contributed by atoms with Gasteiger partial charge in [0.05, 0.1) is 25.4 Å². The number of carbonyl (C=O) groups excluding carboxylic acids is 1. The molecule has 18 heavy (non-hydrogen) atoms. The minimum absolute atomic E-state index is 0.127. The number of pyridine rings is 1. The van der Waals surface area contributed by atoms with Gasteiger partial charge in [-0.05, 0) is 12.1 Å². The van der Waals surface area contributed by atoms with E-state index in [1.807, 2.05) is 0 Å². The maximum atomic E-state index is 11.4. The van der Waals surface area contributed by atoms with Gasteiger partial charge in [-0.15, -0.1) is 0 Å². The van der Waals surface area contributed by atoms with Crippen molar-refractivity contribution in [2.75, 3.05) is 38.7 Å². The van der Waals surface area contributed by atoms with E-state index in [1.54, 1.807) is 18.3 Å². The second kappa shape index (κ2) is 6.32. The lowest BCUT2D eigenvalue weighted by atomic mass is 10.2. The molecule has 1 aromatic heterocycles. The fourth-order valence-corrected chi connectivity index (χ4v) is 1.74. The first kappa shape index (κ1) is 12.8. The number of hydrogen-bond donors (Lipinski definition) is 2. The molecule has 0 radical (unpaired) electrons. The first-order valence-corrected chi connectivity index (χ1v) is 5.90. The maximum absolute atomic E-state index is 11.4. The average molecular weight is 251 g/mol. The Balaban J connectivity index is 1.90. The van der Waals surface area contributed by atoms with Crippen LogP contribution in [0.1, 0.15) is 10.4 Å². The van der Waals surface area contributed by atoms with Crippen LogP contribution in [0.4, 0.5) is 5.82 Å². The molecular weight excluding hydrogens is 234 g/mol. The number of hydrogen-bond acceptors (Lipinski definition) is 6. The molecule has 0 saturated carbocycles. The van der Waals surface area contributed by atoms with Crippen molar-refractivity contribution in [3.05, 3.63) is 23.9 Å². The Morgan fingerprint density at radius 3 is 3.33 bits per heavy atom. The van der Waals surface area contributed by atoms with Crippen LogP contribution in [0.25, 0.3) is 0 Å². The van der Waals surface area contributed by atoms with Gasteiger partial charge < -0.3 is 20.1 Å². The number of rotatable bonds is 4. The Bertz CT molecular complexity index is 405. The third-order valence-electron chi connectivity index (χ3n) is 2.70. The van der Waals surface area contributed by atoms with E-state index in [0.717, 1.165) is 19.7 Å². The minimum atomic E-state index is -0.365. The highest BCUT2D eigenvalue weighted by Crippen LogP contribution is 2.08. The molecule has 2 heterocycles. The van der Waals surface area contributed by atoms with Gasteiger partial charge in [-0.25, -0.2) is 9.78 Å². The second-order valence-electron chi connectivity index (χ2n) is 4.00. The van der Waals surface area contributed by atoms with E-state index in [2.05, 4.69) is 20.4 Å². The molecule has 1 unspecified atom stereocenters. The number of anilines is 1. The highest BCUT2D eigenvalue weighted by Gasteiger charge is 2.13. The monoisotopic (exact) mass is 251 g/mol. The van der Waals surface area contributed by atoms with E-state index >= 15 is 0 Å². The normalized spacial score (nSPS) is 19.3. The summed E-state index contributed by atoms with van der Waals surface area (Å²) in [7, 11) is 1.36. The van der Waals surface area contributed by atoms with E-state index < -0.39 is 0 Å². The van der Waals surface area contributed by atoms with Crippen molar-refractivity contribution in [2.45, 2.75) is 6.10 Å². The SMILES string of the molecule is COC(=O)c1ccnc(NCC2CNCCO2)c1. The molecule has 6 heteroatoms. The number of carbonyl (C=O) groups is 1. The summed E-state index contributed by atoms with van der Waals surface area (Å²) < 4.78 is 10.2. The van der Waals surface area contributed by atoms with Crippen molar-refractivity contribution < 1.29 is 14.3 Å². The summed E-state index contributed by atoms with van der Waals surface area (Å²) in [6.45, 7) is 3.10. The zero-order chi connectivity index (χ0) is 12.8. The Morgan fingerprint density at radius 2 is 2.61 bits per heavy atom. The number of nitrogens with zero attached hydrogens (tertiary/aromatic N) is 1. The topological polar surface area (TPSA) is 72.5 Å². The predicted molar refractivity (Wildman–Crippen MR) is 66.7 cm³/mol. The van der Waals surface area contributed by atoms with Crippen LogP contribution in [0.3, 0.4) is 0 Å². The van der Waals surface area contributed by atoms with Crippen LogP contribution >= 0.6 is 0 Å². The molecule has 1 fully saturated rings. The lowest BCUT2D eigenvalue weighted by Gasteiger charge is -2.23. The maximum Gasteiger partial charge on any atom is 0.338 e. The summed E-state index contributed by atoms with van der Waals surface area (Å²) in [4.78, 5) is 15.5. The van der Waals surface area contributed by atoms with Gasteiger partial charge in [-0.2, -0.15) is 0 Å². The largest absolute Gasteiger partial charge is 0.465 e. The first-order chi connectivity index (χ1) is 8.79. The second-order valence-corrected chi connectivity index (χ2v) is 4.00. The molecule has 6 nitrogen and oxygen atoms in total. The van der Waals surface area contributed by atoms with Gasteiger partial charge >= 0.3 is 5.97 Å². The molecule has 0 amide bonds. The summed E-state index contributed by atoms with van der Waals surface area (Å²) >= 11 is 0. The Hall–Kier alpha value is -1.66. The average Bonchev–Trinajstić information content (AvgIpc) is 2.45. The van der Waals surface area contributed by atoms with Crippen LogP contribution in [0.2, 0.25) is 0 Å². The van der Waals surface area contributed by atoms with Crippen molar-refractivity contribution >= 4 is 11.8 Å². The number of esters is 1. The molecule has 98 valence electrons. The lowest BCUT2D eigenvalue weighted by Crippen LogP contribution is -2.42. The van der Waals surface area contributed by atoms with Gasteiger partial charge in [0.1, 0.15) is 5.82 Å². The van der Waals surface area contributed by atoms with E-state index in [1.165, 1.54) is 7.11 Å². The predicted octanol–water partition coefficient (Wildman–Crippen LogP) is 0.268. The number of methoxy groups -OCH3 is 1. The van der Waals surface area contributed by atoms with Crippen LogP contribution < -0.4 is 10.6 Å². The van der Waals surface area contributed by atoms with E-state index in [-0.39, 0.29) is 12.1 Å². The van der Waals surface area contributed by atoms with Gasteiger partial charge in [0.2, 0.25) is 0 Å². The molecule has 0 spiro atoms. The van der Waals surface area contributed by atoms with Crippen molar-refractivity contribution in [1.29, 1.82) is 0 Å². The highest BCUT2D eigenvalue weighted by molar-refractivity contribution is 5.89. The Labute approximate surface area is 106 Å². The smallest absolute Gasteiger partial charge is 0.338 e. The minimum Gasteiger partial charge on any atom is -0.465 e. The number of aromatic nitrogens is 1. The standard InChI is InChI=1S/C12H17N3O3/c1-17-12(16)9-2-3-14-11(6-9)15-8-10-7-13-4-5-18-10/h2-3,6,10,13H,4-5,7-8H2,1H3,(H,14,15). The molecular formula is C12H17N3O3. The van der Waals surface area contributed by atoms with Crippen LogP contribution in [-0.4, -0.2) is 50.4 Å². The molecule has 0 bridgehead atoms. The summed E-state index contributed by atoms with van der Waals surface area (Å²) in [5, 5.41) is 6.40. The summed E-state index contributed by atoms with van der Waals surface area (Å²) in [6.07, 6.45) is 1.71. The molecule has 1 aromatic rings. The lowest BCUT2D eigenvalue weighted by molar-refractivity contribution is 0.0372. The van der Waals surface area contributed by atoms with Gasteiger partial charge in [0.25, 0.3) is 0 Å². The van der Waals surface area contributed by atoms with E-state index in [9.17, 15) is 4.79 Å². The van der Waals surface area contributed by atoms with Crippen molar-refractivity contribution in [3.8, 4) is 0 Å². The number of nitrogens with one attached hydrogen (secondary N) is 2. The third-order valence-corrected chi connectivity index (χ3v) is 2.70. The summed E-state index contributed by atoms with van der Waals surface area (Å²) in [6, 6.07) is 3.29. The summed E-state index contributed by atoms with van der Waals surface area (Å²) in [5.41, 5.74) is 0.484. The van der Waals surface area contributed by atoms with Crippen molar-refractivity contribution in [1.82, 2.24) is 10.3 Å². The molecule has 2 N–H and O–H groups in total. The van der Waals surface area contributed by atoms with Gasteiger partial charge in [0.15, 0.2) is 0 Å². The molecule has 0 aliphatic carbocycles. The van der Waals surface area contributed by atoms with Crippen LogP contribution in [0.5, 0.6) is 0 Å². The molecule has 1 saturated heterocycles. The van der Waals surface area contributed by atoms with E-state index in [4.69, 9.17) is 4.74 Å². The molecule has 1 aliphatic heterocycles. The summed E-state index contributed by atoms with van der Waals surface area (Å²) in [5.74, 6) is 0.281. The highest BCUT2D eigenvalue weighted by atomic mass is 16.5. The zero-order valence-electron chi connectivity index (χ0n) is 10.3. The quantitative estimate of drug-likeness (QED) is 0.748. The molecule has 1 atom stereocenters. The van der Waals surface area contributed by atoms with Crippen molar-refractivity contribution in [3.63, 3.8) is 0 Å².